The number of nitrogens with zero attached hydrogens (tertiary/aromatic N) is 1. The van der Waals surface area contributed by atoms with Crippen LogP contribution in [0.1, 0.15) is 16.8 Å². The van der Waals surface area contributed by atoms with Crippen molar-refractivity contribution in [3.63, 3.8) is 0 Å². The summed E-state index contributed by atoms with van der Waals surface area (Å²) in [4.78, 5) is 25.2. The second-order valence-electron chi connectivity index (χ2n) is 4.54. The van der Waals surface area contributed by atoms with Gasteiger partial charge in [-0.1, -0.05) is 0 Å². The van der Waals surface area contributed by atoms with Crippen LogP contribution < -0.4 is 5.32 Å². The molecule has 6 nitrogen and oxygen atoms in total. The second-order valence-corrected chi connectivity index (χ2v) is 4.54. The van der Waals surface area contributed by atoms with Gasteiger partial charge < -0.3 is 15.5 Å². The highest BCUT2D eigenvalue weighted by molar-refractivity contribution is 6.00. The predicted octanol–water partition coefficient (Wildman–Crippen LogP) is 0.102. The standard InChI is InChI=1S/C13H16N2O4/c16-9-2-3-10(11(17)6-9)12(18)7-15-5-1-4-14-13(19)8-15/h2-3,6,16-17H,1,4-5,7-8H2,(H,14,19). The first-order chi connectivity index (χ1) is 9.06. The van der Waals surface area contributed by atoms with Gasteiger partial charge in [-0.05, 0) is 18.6 Å². The topological polar surface area (TPSA) is 89.9 Å². The highest BCUT2D eigenvalue weighted by atomic mass is 16.3. The lowest BCUT2D eigenvalue weighted by Gasteiger charge is -2.17. The van der Waals surface area contributed by atoms with Crippen LogP contribution in [-0.2, 0) is 4.79 Å². The molecule has 1 amide bonds. The van der Waals surface area contributed by atoms with E-state index in [0.29, 0.717) is 13.1 Å². The number of nitrogens with one attached hydrogen (secondary N) is 1. The van der Waals surface area contributed by atoms with Gasteiger partial charge in [0.15, 0.2) is 5.78 Å². The Morgan fingerprint density at radius 2 is 2.16 bits per heavy atom. The quantitative estimate of drug-likeness (QED) is 0.674. The third-order valence-corrected chi connectivity index (χ3v) is 2.99. The number of ketones is 1. The van der Waals surface area contributed by atoms with Gasteiger partial charge >= 0.3 is 0 Å². The maximum absolute atomic E-state index is 12.0. The molecule has 1 aliphatic rings. The van der Waals surface area contributed by atoms with Crippen molar-refractivity contribution in [2.75, 3.05) is 26.2 Å². The number of phenolic OH excluding ortho intramolecular Hbond substituents is 2. The summed E-state index contributed by atoms with van der Waals surface area (Å²) in [5.74, 6) is -0.708. The Morgan fingerprint density at radius 1 is 1.37 bits per heavy atom. The number of carbonyl (C=O) groups excluding carboxylic acids is 2. The predicted molar refractivity (Wildman–Crippen MR) is 68.2 cm³/mol. The van der Waals surface area contributed by atoms with Gasteiger partial charge in [0.25, 0.3) is 0 Å². The van der Waals surface area contributed by atoms with Gasteiger partial charge in [-0.3, -0.25) is 14.5 Å². The van der Waals surface area contributed by atoms with E-state index >= 15 is 0 Å². The van der Waals surface area contributed by atoms with Crippen LogP contribution in [0.3, 0.4) is 0 Å². The zero-order chi connectivity index (χ0) is 13.8. The molecule has 1 fully saturated rings. The van der Waals surface area contributed by atoms with Crippen molar-refractivity contribution in [3.05, 3.63) is 23.8 Å². The van der Waals surface area contributed by atoms with E-state index in [4.69, 9.17) is 0 Å². The summed E-state index contributed by atoms with van der Waals surface area (Å²) in [5, 5.41) is 21.5. The Labute approximate surface area is 110 Å². The largest absolute Gasteiger partial charge is 0.508 e. The van der Waals surface area contributed by atoms with Gasteiger partial charge in [0, 0.05) is 19.2 Å². The average Bonchev–Trinajstić information content (AvgIpc) is 2.53. The van der Waals surface area contributed by atoms with Crippen LogP contribution in [0.2, 0.25) is 0 Å². The number of amides is 1. The zero-order valence-corrected chi connectivity index (χ0v) is 10.4. The smallest absolute Gasteiger partial charge is 0.234 e. The van der Waals surface area contributed by atoms with Crippen LogP contribution in [-0.4, -0.2) is 53.0 Å². The molecule has 0 unspecified atom stereocenters. The molecule has 102 valence electrons. The third kappa shape index (κ3) is 3.45. The number of carbonyl (C=O) groups is 2. The Morgan fingerprint density at radius 3 is 2.89 bits per heavy atom. The summed E-state index contributed by atoms with van der Waals surface area (Å²) in [6.45, 7) is 1.54. The van der Waals surface area contributed by atoms with Crippen LogP contribution in [0.5, 0.6) is 11.5 Å². The van der Waals surface area contributed by atoms with Crippen molar-refractivity contribution in [2.24, 2.45) is 0 Å². The second kappa shape index (κ2) is 5.71. The van der Waals surface area contributed by atoms with Crippen LogP contribution in [0.25, 0.3) is 0 Å². The fourth-order valence-electron chi connectivity index (χ4n) is 2.05. The Hall–Kier alpha value is -2.08. The van der Waals surface area contributed by atoms with E-state index in [1.165, 1.54) is 12.1 Å². The molecule has 2 rings (SSSR count). The number of hydrogen-bond acceptors (Lipinski definition) is 5. The van der Waals surface area contributed by atoms with Gasteiger partial charge in [0.05, 0.1) is 18.7 Å². The minimum atomic E-state index is -0.271. The van der Waals surface area contributed by atoms with E-state index in [-0.39, 0.29) is 41.8 Å². The first-order valence-electron chi connectivity index (χ1n) is 6.10. The average molecular weight is 264 g/mol. The molecule has 0 atom stereocenters. The molecule has 1 heterocycles. The maximum Gasteiger partial charge on any atom is 0.234 e. The van der Waals surface area contributed by atoms with E-state index in [1.54, 1.807) is 4.90 Å². The molecule has 1 saturated heterocycles. The SMILES string of the molecule is O=C1CN(CC(=O)c2ccc(O)cc2O)CCCN1. The van der Waals surface area contributed by atoms with Gasteiger partial charge in [0.2, 0.25) is 5.91 Å². The summed E-state index contributed by atoms with van der Waals surface area (Å²) in [5.41, 5.74) is 0.155. The number of rotatable bonds is 3. The van der Waals surface area contributed by atoms with Crippen molar-refractivity contribution < 1.29 is 19.8 Å². The number of benzene rings is 1. The molecule has 6 heteroatoms. The first kappa shape index (κ1) is 13.4. The summed E-state index contributed by atoms with van der Waals surface area (Å²) >= 11 is 0. The lowest BCUT2D eigenvalue weighted by molar-refractivity contribution is -0.121. The van der Waals surface area contributed by atoms with Crippen molar-refractivity contribution in [1.82, 2.24) is 10.2 Å². The number of phenols is 2. The molecule has 0 aromatic heterocycles. The normalized spacial score (nSPS) is 16.7. The molecule has 0 radical (unpaired) electrons. The minimum Gasteiger partial charge on any atom is -0.508 e. The van der Waals surface area contributed by atoms with E-state index < -0.39 is 0 Å². The van der Waals surface area contributed by atoms with Crippen molar-refractivity contribution in [3.8, 4) is 11.5 Å². The van der Waals surface area contributed by atoms with Gasteiger partial charge in [0.1, 0.15) is 11.5 Å². The summed E-state index contributed by atoms with van der Waals surface area (Å²) < 4.78 is 0. The Bertz CT molecular complexity index is 501. The zero-order valence-electron chi connectivity index (χ0n) is 10.4. The van der Waals surface area contributed by atoms with Crippen LogP contribution >= 0.6 is 0 Å². The molecular weight excluding hydrogens is 248 g/mol. The van der Waals surface area contributed by atoms with Crippen molar-refractivity contribution >= 4 is 11.7 Å². The first-order valence-corrected chi connectivity index (χ1v) is 6.10. The van der Waals surface area contributed by atoms with Crippen LogP contribution in [0, 0.1) is 0 Å². The van der Waals surface area contributed by atoms with Crippen LogP contribution in [0.4, 0.5) is 0 Å². The highest BCUT2D eigenvalue weighted by Gasteiger charge is 2.19. The van der Waals surface area contributed by atoms with Crippen LogP contribution in [0.15, 0.2) is 18.2 Å². The molecule has 0 bridgehead atoms. The Kier molecular flexibility index (Phi) is 4.01. The molecule has 0 saturated carbocycles. The molecule has 1 aromatic carbocycles. The lowest BCUT2D eigenvalue weighted by atomic mass is 10.1. The maximum atomic E-state index is 12.0. The Balaban J connectivity index is 2.05. The molecule has 1 aromatic rings. The van der Waals surface area contributed by atoms with E-state index in [0.717, 1.165) is 12.5 Å². The third-order valence-electron chi connectivity index (χ3n) is 2.99. The molecule has 1 aliphatic heterocycles. The summed E-state index contributed by atoms with van der Waals surface area (Å²) in [7, 11) is 0. The fourth-order valence-corrected chi connectivity index (χ4v) is 2.05. The minimum absolute atomic E-state index is 0.0752. The van der Waals surface area contributed by atoms with Gasteiger partial charge in [-0.25, -0.2) is 0 Å². The van der Waals surface area contributed by atoms with Crippen molar-refractivity contribution in [2.45, 2.75) is 6.42 Å². The number of aromatic hydroxyl groups is 2. The monoisotopic (exact) mass is 264 g/mol. The summed E-state index contributed by atoms with van der Waals surface area (Å²) in [6, 6.07) is 3.86. The molecule has 19 heavy (non-hydrogen) atoms. The number of Topliss-reactive ketones (excluding diaryl/α,β-unsaturated/α-hetero) is 1. The molecule has 0 aliphatic carbocycles. The lowest BCUT2D eigenvalue weighted by Crippen LogP contribution is -2.36. The van der Waals surface area contributed by atoms with E-state index in [9.17, 15) is 19.8 Å². The number of hydrogen-bond donors (Lipinski definition) is 3. The van der Waals surface area contributed by atoms with Gasteiger partial charge in [-0.2, -0.15) is 0 Å². The van der Waals surface area contributed by atoms with E-state index in [2.05, 4.69) is 5.32 Å². The highest BCUT2D eigenvalue weighted by Crippen LogP contribution is 2.23. The fraction of sp³-hybridized carbons (Fsp3) is 0.385. The van der Waals surface area contributed by atoms with Crippen molar-refractivity contribution in [1.29, 1.82) is 0 Å². The van der Waals surface area contributed by atoms with E-state index in [1.807, 2.05) is 0 Å². The molecule has 3 N–H and O–H groups in total. The molecule has 0 spiro atoms. The molecular formula is C13H16N2O4. The summed E-state index contributed by atoms with van der Waals surface area (Å²) in [6.07, 6.45) is 0.792. The van der Waals surface area contributed by atoms with Gasteiger partial charge in [-0.15, -0.1) is 0 Å².